The maximum atomic E-state index is 12.3. The molecule has 2 aromatic carbocycles. The Morgan fingerprint density at radius 2 is 1.52 bits per heavy atom. The number of aromatic amines is 1. The number of alkyl halides is 6. The highest BCUT2D eigenvalue weighted by molar-refractivity contribution is 5.84. The largest absolute Gasteiger partial charge is 0.484 e. The van der Waals surface area contributed by atoms with Gasteiger partial charge in [-0.05, 0) is 54.4 Å². The Hall–Kier alpha value is -2.88. The van der Waals surface area contributed by atoms with Crippen LogP contribution in [-0.4, -0.2) is 37.1 Å². The van der Waals surface area contributed by atoms with Gasteiger partial charge in [-0.15, -0.1) is 0 Å². The summed E-state index contributed by atoms with van der Waals surface area (Å²) in [5, 5.41) is 3.96. The van der Waals surface area contributed by atoms with Crippen LogP contribution in [0, 0.1) is 0 Å². The molecular weight excluding hydrogens is 426 g/mol. The summed E-state index contributed by atoms with van der Waals surface area (Å²) in [6.07, 6.45) is -6.43. The van der Waals surface area contributed by atoms with Crippen LogP contribution in [-0.2, 0) is 13.0 Å². The molecule has 0 amide bonds. The molecule has 168 valence electrons. The van der Waals surface area contributed by atoms with Crippen molar-refractivity contribution in [1.82, 2.24) is 10.3 Å². The number of hydrogen-bond donors (Lipinski definition) is 2. The van der Waals surface area contributed by atoms with Gasteiger partial charge in [0.1, 0.15) is 11.5 Å². The highest BCUT2D eigenvalue weighted by Gasteiger charge is 2.29. The van der Waals surface area contributed by atoms with Crippen LogP contribution < -0.4 is 14.8 Å². The van der Waals surface area contributed by atoms with Gasteiger partial charge in [0.05, 0.1) is 0 Å². The van der Waals surface area contributed by atoms with E-state index in [1.54, 1.807) is 30.5 Å². The summed E-state index contributed by atoms with van der Waals surface area (Å²) >= 11 is 0. The fourth-order valence-electron chi connectivity index (χ4n) is 2.99. The van der Waals surface area contributed by atoms with E-state index < -0.39 is 25.6 Å². The standard InChI is InChI=1S/C21H20F6N2O2/c22-20(23,24)12-30-16-3-1-2-14(8-16)10-28-7-6-15-11-29-19-5-4-17(9-18(15)19)31-13-21(25,26)27/h1-5,8-9,11,28-29H,6-7,10,12-13H2. The van der Waals surface area contributed by atoms with Crippen LogP contribution in [0.5, 0.6) is 11.5 Å². The highest BCUT2D eigenvalue weighted by atomic mass is 19.4. The molecule has 3 aromatic rings. The molecular formula is C21H20F6N2O2. The maximum absolute atomic E-state index is 12.3. The summed E-state index contributed by atoms with van der Waals surface area (Å²) in [4.78, 5) is 3.07. The van der Waals surface area contributed by atoms with E-state index in [0.29, 0.717) is 19.5 Å². The average molecular weight is 446 g/mol. The number of halogens is 6. The number of H-pyrrole nitrogens is 1. The zero-order valence-electron chi connectivity index (χ0n) is 16.2. The van der Waals surface area contributed by atoms with Crippen LogP contribution in [0.2, 0.25) is 0 Å². The van der Waals surface area contributed by atoms with E-state index in [9.17, 15) is 26.3 Å². The predicted octanol–water partition coefficient (Wildman–Crippen LogP) is 5.38. The van der Waals surface area contributed by atoms with Gasteiger partial charge in [0.2, 0.25) is 0 Å². The second-order valence-electron chi connectivity index (χ2n) is 6.90. The lowest BCUT2D eigenvalue weighted by atomic mass is 10.1. The Balaban J connectivity index is 1.52. The third-order valence-electron chi connectivity index (χ3n) is 4.34. The Morgan fingerprint density at radius 1 is 0.839 bits per heavy atom. The summed E-state index contributed by atoms with van der Waals surface area (Å²) in [7, 11) is 0. The molecule has 0 saturated carbocycles. The van der Waals surface area contributed by atoms with Gasteiger partial charge in [-0.1, -0.05) is 12.1 Å². The molecule has 31 heavy (non-hydrogen) atoms. The first-order chi connectivity index (χ1) is 14.6. The molecule has 0 spiro atoms. The van der Waals surface area contributed by atoms with E-state index in [1.807, 2.05) is 0 Å². The quantitative estimate of drug-likeness (QED) is 0.343. The zero-order valence-corrected chi connectivity index (χ0v) is 16.2. The number of ether oxygens (including phenoxy) is 2. The molecule has 3 rings (SSSR count). The summed E-state index contributed by atoms with van der Waals surface area (Å²) in [6.45, 7) is -1.73. The van der Waals surface area contributed by atoms with E-state index in [0.717, 1.165) is 22.0 Å². The lowest BCUT2D eigenvalue weighted by Crippen LogP contribution is -2.19. The molecule has 0 atom stereocenters. The predicted molar refractivity (Wildman–Crippen MR) is 103 cm³/mol. The molecule has 0 aliphatic rings. The van der Waals surface area contributed by atoms with Crippen molar-refractivity contribution in [1.29, 1.82) is 0 Å². The molecule has 0 bridgehead atoms. The second-order valence-corrected chi connectivity index (χ2v) is 6.90. The van der Waals surface area contributed by atoms with Gasteiger partial charge in [0, 0.05) is 23.6 Å². The number of hydrogen-bond acceptors (Lipinski definition) is 3. The zero-order chi connectivity index (χ0) is 22.5. The third-order valence-corrected chi connectivity index (χ3v) is 4.34. The van der Waals surface area contributed by atoms with Gasteiger partial charge >= 0.3 is 12.4 Å². The summed E-state index contributed by atoms with van der Waals surface area (Å²) in [6, 6.07) is 11.1. The third kappa shape index (κ3) is 7.39. The van der Waals surface area contributed by atoms with Crippen molar-refractivity contribution in [2.24, 2.45) is 0 Å². The van der Waals surface area contributed by atoms with E-state index in [2.05, 4.69) is 10.3 Å². The Bertz CT molecular complexity index is 997. The molecule has 0 saturated heterocycles. The van der Waals surface area contributed by atoms with Gasteiger partial charge in [-0.25, -0.2) is 0 Å². The molecule has 1 aromatic heterocycles. The minimum Gasteiger partial charge on any atom is -0.484 e. The van der Waals surface area contributed by atoms with E-state index in [1.165, 1.54) is 18.2 Å². The fourth-order valence-corrected chi connectivity index (χ4v) is 2.99. The monoisotopic (exact) mass is 446 g/mol. The van der Waals surface area contributed by atoms with Crippen molar-refractivity contribution in [2.75, 3.05) is 19.8 Å². The van der Waals surface area contributed by atoms with E-state index >= 15 is 0 Å². The van der Waals surface area contributed by atoms with Gasteiger partial charge in [-0.3, -0.25) is 0 Å². The van der Waals surface area contributed by atoms with Crippen LogP contribution in [0.4, 0.5) is 26.3 Å². The SMILES string of the molecule is FC(F)(F)COc1cccc(CNCCc2c[nH]c3ccc(OCC(F)(F)F)cc23)c1. The van der Waals surface area contributed by atoms with Crippen molar-refractivity contribution in [3.63, 3.8) is 0 Å². The number of benzene rings is 2. The molecule has 0 aliphatic heterocycles. The molecule has 1 heterocycles. The number of rotatable bonds is 9. The van der Waals surface area contributed by atoms with E-state index in [-0.39, 0.29) is 11.5 Å². The highest BCUT2D eigenvalue weighted by Crippen LogP contribution is 2.26. The number of aromatic nitrogens is 1. The molecule has 0 aliphatic carbocycles. The summed E-state index contributed by atoms with van der Waals surface area (Å²) < 4.78 is 83.3. The van der Waals surface area contributed by atoms with Gasteiger partial charge in [0.25, 0.3) is 0 Å². The first-order valence-corrected chi connectivity index (χ1v) is 9.38. The van der Waals surface area contributed by atoms with Gasteiger partial charge in [0.15, 0.2) is 13.2 Å². The van der Waals surface area contributed by atoms with Crippen LogP contribution >= 0.6 is 0 Å². The molecule has 10 heteroatoms. The van der Waals surface area contributed by atoms with Crippen LogP contribution in [0.3, 0.4) is 0 Å². The molecule has 2 N–H and O–H groups in total. The van der Waals surface area contributed by atoms with Gasteiger partial charge in [-0.2, -0.15) is 26.3 Å². The topological polar surface area (TPSA) is 46.3 Å². The smallest absolute Gasteiger partial charge is 0.422 e. The van der Waals surface area contributed by atoms with Crippen LogP contribution in [0.15, 0.2) is 48.7 Å². The first-order valence-electron chi connectivity index (χ1n) is 9.38. The number of nitrogens with one attached hydrogen (secondary N) is 2. The van der Waals surface area contributed by atoms with Crippen molar-refractivity contribution in [3.05, 3.63) is 59.8 Å². The Kier molecular flexibility index (Phi) is 6.99. The van der Waals surface area contributed by atoms with Crippen molar-refractivity contribution in [2.45, 2.75) is 25.3 Å². The van der Waals surface area contributed by atoms with E-state index in [4.69, 9.17) is 9.47 Å². The Labute approximate surface area is 174 Å². The average Bonchev–Trinajstić information content (AvgIpc) is 3.10. The Morgan fingerprint density at radius 3 is 2.19 bits per heavy atom. The summed E-state index contributed by atoms with van der Waals surface area (Å²) in [5.74, 6) is 0.272. The lowest BCUT2D eigenvalue weighted by Gasteiger charge is -2.11. The van der Waals surface area contributed by atoms with Crippen molar-refractivity contribution < 1.29 is 35.8 Å². The van der Waals surface area contributed by atoms with Gasteiger partial charge < -0.3 is 19.8 Å². The normalized spacial score (nSPS) is 12.3. The lowest BCUT2D eigenvalue weighted by molar-refractivity contribution is -0.154. The van der Waals surface area contributed by atoms with Crippen molar-refractivity contribution in [3.8, 4) is 11.5 Å². The molecule has 0 fully saturated rings. The minimum absolute atomic E-state index is 0.134. The minimum atomic E-state index is -4.41. The second kappa shape index (κ2) is 9.51. The fraction of sp³-hybridized carbons (Fsp3) is 0.333. The number of fused-ring (bicyclic) bond motifs is 1. The molecule has 0 radical (unpaired) electrons. The maximum Gasteiger partial charge on any atom is 0.422 e. The van der Waals surface area contributed by atoms with Crippen molar-refractivity contribution >= 4 is 10.9 Å². The first kappa shape index (κ1) is 22.8. The molecule has 4 nitrogen and oxygen atoms in total. The van der Waals surface area contributed by atoms with Crippen LogP contribution in [0.1, 0.15) is 11.1 Å². The summed E-state index contributed by atoms with van der Waals surface area (Å²) in [5.41, 5.74) is 2.45. The van der Waals surface area contributed by atoms with Crippen LogP contribution in [0.25, 0.3) is 10.9 Å². The molecule has 0 unspecified atom stereocenters.